The summed E-state index contributed by atoms with van der Waals surface area (Å²) in [6.45, 7) is 13.3. The number of rotatable bonds is 3. The summed E-state index contributed by atoms with van der Waals surface area (Å²) in [5.74, 6) is -0.511. The zero-order valence-electron chi connectivity index (χ0n) is 30.5. The molecule has 0 unspecified atom stereocenters. The summed E-state index contributed by atoms with van der Waals surface area (Å²) < 4.78 is 31.6. The van der Waals surface area contributed by atoms with Crippen LogP contribution in [0.1, 0.15) is 52.7 Å². The third-order valence-electron chi connectivity index (χ3n) is 11.1. The van der Waals surface area contributed by atoms with Crippen LogP contribution in [-0.4, -0.2) is 0 Å². The Morgan fingerprint density at radius 1 is 0.385 bits per heavy atom. The van der Waals surface area contributed by atoms with E-state index < -0.39 is 0 Å². The Bertz CT molecular complexity index is 2840. The highest BCUT2D eigenvalue weighted by Gasteiger charge is 2.23. The van der Waals surface area contributed by atoms with E-state index >= 15 is 8.78 Å². The summed E-state index contributed by atoms with van der Waals surface area (Å²) in [4.78, 5) is 0. The van der Waals surface area contributed by atoms with Gasteiger partial charge in [0.15, 0.2) is 0 Å². The lowest BCUT2D eigenvalue weighted by Crippen LogP contribution is -2.10. The van der Waals surface area contributed by atoms with Gasteiger partial charge >= 0.3 is 0 Å². The minimum Gasteiger partial charge on any atom is -0.207 e. The number of hydrogen-bond acceptors (Lipinski definition) is 0. The molecule has 0 atom stereocenters. The first-order valence-corrected chi connectivity index (χ1v) is 18.1. The van der Waals surface area contributed by atoms with Gasteiger partial charge in [-0.05, 0) is 117 Å². The van der Waals surface area contributed by atoms with Crippen molar-refractivity contribution in [3.05, 3.63) is 156 Å². The molecule has 0 spiro atoms. The molecular formula is C50H40F2. The molecule has 9 rings (SSSR count). The van der Waals surface area contributed by atoms with Crippen LogP contribution in [0, 0.1) is 11.6 Å². The molecule has 0 aliphatic carbocycles. The predicted molar refractivity (Wildman–Crippen MR) is 219 cm³/mol. The second-order valence-electron chi connectivity index (χ2n) is 16.4. The molecule has 52 heavy (non-hydrogen) atoms. The van der Waals surface area contributed by atoms with Gasteiger partial charge in [-0.1, -0.05) is 157 Å². The summed E-state index contributed by atoms with van der Waals surface area (Å²) in [6, 6.07) is 45.2. The molecule has 0 aromatic heterocycles. The van der Waals surface area contributed by atoms with Gasteiger partial charge in [-0.3, -0.25) is 0 Å². The largest absolute Gasteiger partial charge is 0.207 e. The van der Waals surface area contributed by atoms with E-state index in [1.807, 2.05) is 12.1 Å². The summed E-state index contributed by atoms with van der Waals surface area (Å²) in [5, 5.41) is 9.48. The normalized spacial score (nSPS) is 12.6. The van der Waals surface area contributed by atoms with Crippen molar-refractivity contribution < 1.29 is 8.78 Å². The fourth-order valence-electron chi connectivity index (χ4n) is 8.35. The smallest absolute Gasteiger partial charge is 0.131 e. The van der Waals surface area contributed by atoms with Crippen LogP contribution in [0.2, 0.25) is 0 Å². The maximum Gasteiger partial charge on any atom is 0.131 e. The second-order valence-corrected chi connectivity index (χ2v) is 16.4. The molecule has 0 saturated carbocycles. The summed E-state index contributed by atoms with van der Waals surface area (Å²) in [7, 11) is 0. The van der Waals surface area contributed by atoms with Crippen LogP contribution in [0.4, 0.5) is 8.78 Å². The minimum atomic E-state index is -0.276. The highest BCUT2D eigenvalue weighted by Crippen LogP contribution is 2.49. The van der Waals surface area contributed by atoms with Crippen LogP contribution in [0.15, 0.2) is 133 Å². The molecule has 0 N–H and O–H groups in total. The standard InChI is InChI=1S/C50H40F2/c1-49(2,3)32-17-11-29(12-18-32)35-22-15-31-16-23-39-38(25-26-41-44(52)28-43(35)46(31)48(39)41)47-37-10-8-7-9-36(37)45(42-27-34(51)21-24-40(42)47)30-13-19-33(20-14-30)50(4,5)6/h7-28H,1-6H3. The molecule has 0 nitrogen and oxygen atoms in total. The Balaban J connectivity index is 1.35. The van der Waals surface area contributed by atoms with Gasteiger partial charge in [0.25, 0.3) is 0 Å². The fourth-order valence-corrected chi connectivity index (χ4v) is 8.35. The molecule has 0 fully saturated rings. The van der Waals surface area contributed by atoms with Gasteiger partial charge in [0.2, 0.25) is 0 Å². The Hall–Kier alpha value is -5.60. The van der Waals surface area contributed by atoms with Crippen molar-refractivity contribution in [3.63, 3.8) is 0 Å². The number of fused-ring (bicyclic) bond motifs is 2. The van der Waals surface area contributed by atoms with Crippen molar-refractivity contribution in [2.24, 2.45) is 0 Å². The van der Waals surface area contributed by atoms with E-state index in [4.69, 9.17) is 0 Å². The Morgan fingerprint density at radius 2 is 0.923 bits per heavy atom. The molecule has 0 aliphatic heterocycles. The molecule has 0 saturated heterocycles. The zero-order chi connectivity index (χ0) is 36.1. The van der Waals surface area contributed by atoms with Crippen LogP contribution in [0.25, 0.3) is 87.2 Å². The molecule has 0 radical (unpaired) electrons. The van der Waals surface area contributed by atoms with Crippen molar-refractivity contribution in [1.82, 2.24) is 0 Å². The maximum absolute atomic E-state index is 16.3. The lowest BCUT2D eigenvalue weighted by atomic mass is 9.82. The first-order chi connectivity index (χ1) is 24.9. The number of hydrogen-bond donors (Lipinski definition) is 0. The van der Waals surface area contributed by atoms with E-state index in [1.165, 1.54) is 11.1 Å². The van der Waals surface area contributed by atoms with E-state index in [2.05, 4.69) is 145 Å². The maximum atomic E-state index is 16.3. The van der Waals surface area contributed by atoms with E-state index in [0.29, 0.717) is 5.39 Å². The molecule has 0 heterocycles. The predicted octanol–water partition coefficient (Wildman–Crippen LogP) is 14.8. The molecule has 9 aromatic carbocycles. The van der Waals surface area contributed by atoms with Gasteiger partial charge in [0.05, 0.1) is 0 Å². The van der Waals surface area contributed by atoms with Gasteiger partial charge in [0.1, 0.15) is 11.6 Å². The first kappa shape index (κ1) is 32.3. The first-order valence-electron chi connectivity index (χ1n) is 18.1. The highest BCUT2D eigenvalue weighted by atomic mass is 19.1. The lowest BCUT2D eigenvalue weighted by Gasteiger charge is -2.22. The molecule has 0 amide bonds. The summed E-state index contributed by atoms with van der Waals surface area (Å²) in [5.41, 5.74) is 8.74. The lowest BCUT2D eigenvalue weighted by molar-refractivity contribution is 0.590. The van der Waals surface area contributed by atoms with Gasteiger partial charge < -0.3 is 0 Å². The van der Waals surface area contributed by atoms with Gasteiger partial charge in [-0.25, -0.2) is 8.78 Å². The highest BCUT2D eigenvalue weighted by molar-refractivity contribution is 6.30. The van der Waals surface area contributed by atoms with Crippen LogP contribution in [0.3, 0.4) is 0 Å². The van der Waals surface area contributed by atoms with Crippen molar-refractivity contribution in [2.45, 2.75) is 52.4 Å². The van der Waals surface area contributed by atoms with Crippen molar-refractivity contribution >= 4 is 53.9 Å². The minimum absolute atomic E-state index is 0.0186. The third kappa shape index (κ3) is 4.99. The summed E-state index contributed by atoms with van der Waals surface area (Å²) >= 11 is 0. The summed E-state index contributed by atoms with van der Waals surface area (Å²) in [6.07, 6.45) is 0. The Kier molecular flexibility index (Phi) is 7.12. The van der Waals surface area contributed by atoms with Crippen LogP contribution in [0.5, 0.6) is 0 Å². The quantitative estimate of drug-likeness (QED) is 0.129. The topological polar surface area (TPSA) is 0 Å². The molecule has 0 aliphatic rings. The molecule has 254 valence electrons. The van der Waals surface area contributed by atoms with Crippen LogP contribution < -0.4 is 0 Å². The van der Waals surface area contributed by atoms with Gasteiger partial charge in [0, 0.05) is 10.8 Å². The van der Waals surface area contributed by atoms with E-state index in [0.717, 1.165) is 81.9 Å². The Morgan fingerprint density at radius 3 is 1.58 bits per heavy atom. The molecular weight excluding hydrogens is 639 g/mol. The van der Waals surface area contributed by atoms with E-state index in [1.54, 1.807) is 18.2 Å². The number of benzene rings is 9. The monoisotopic (exact) mass is 678 g/mol. The zero-order valence-corrected chi connectivity index (χ0v) is 30.5. The van der Waals surface area contributed by atoms with Crippen molar-refractivity contribution in [1.29, 1.82) is 0 Å². The SMILES string of the molecule is CC(C)(C)c1ccc(-c2c3ccccc3c(-c3ccc4c(F)cc5c(-c6ccc(C(C)(C)C)cc6)ccc6ccc3c4c65)c3ccc(F)cc23)cc1. The van der Waals surface area contributed by atoms with Crippen molar-refractivity contribution in [2.75, 3.05) is 0 Å². The molecule has 2 heteroatoms. The fraction of sp³-hybridized carbons (Fsp3) is 0.160. The Labute approximate surface area is 303 Å². The molecule has 0 bridgehead atoms. The van der Waals surface area contributed by atoms with Crippen LogP contribution in [-0.2, 0) is 10.8 Å². The second kappa shape index (κ2) is 11.5. The van der Waals surface area contributed by atoms with Crippen LogP contribution >= 0.6 is 0 Å². The van der Waals surface area contributed by atoms with Crippen molar-refractivity contribution in [3.8, 4) is 33.4 Å². The third-order valence-corrected chi connectivity index (χ3v) is 11.1. The van der Waals surface area contributed by atoms with Gasteiger partial charge in [-0.2, -0.15) is 0 Å². The average Bonchev–Trinajstić information content (AvgIpc) is 3.12. The van der Waals surface area contributed by atoms with E-state index in [9.17, 15) is 0 Å². The number of halogens is 2. The van der Waals surface area contributed by atoms with Gasteiger partial charge in [-0.15, -0.1) is 0 Å². The molecule has 9 aromatic rings. The average molecular weight is 679 g/mol. The van der Waals surface area contributed by atoms with E-state index in [-0.39, 0.29) is 22.5 Å².